The van der Waals surface area contributed by atoms with Gasteiger partial charge in [-0.15, -0.1) is 11.3 Å². The molecule has 1 aromatic rings. The third-order valence-corrected chi connectivity index (χ3v) is 4.77. The molecule has 1 saturated carbocycles. The molecule has 1 aliphatic carbocycles. The van der Waals surface area contributed by atoms with Crippen LogP contribution in [0.5, 0.6) is 0 Å². The molecule has 3 N–H and O–H groups in total. The smallest absolute Gasteiger partial charge is 0.263 e. The minimum Gasteiger partial charge on any atom is -0.348 e. The second-order valence-corrected chi connectivity index (χ2v) is 6.09. The molecule has 1 atom stereocenters. The summed E-state index contributed by atoms with van der Waals surface area (Å²) in [5.41, 5.74) is 6.36. The van der Waals surface area contributed by atoms with Crippen LogP contribution in [-0.2, 0) is 0 Å². The van der Waals surface area contributed by atoms with E-state index in [2.05, 4.69) is 10.3 Å². The molecule has 2 rings (SSSR count). The normalized spacial score (nSPS) is 17.9. The highest BCUT2D eigenvalue weighted by molar-refractivity contribution is 7.13. The van der Waals surface area contributed by atoms with E-state index in [0.717, 1.165) is 15.6 Å². The number of hydrogen-bond donors (Lipinski definition) is 2. The number of thiazole rings is 1. The highest BCUT2D eigenvalue weighted by Crippen LogP contribution is 2.37. The molecule has 0 saturated heterocycles. The molecular formula is C13H21N3OS. The predicted octanol–water partition coefficient (Wildman–Crippen LogP) is 2.19. The molecule has 1 aromatic heterocycles. The maximum Gasteiger partial charge on any atom is 0.263 e. The first-order valence-electron chi connectivity index (χ1n) is 6.60. The van der Waals surface area contributed by atoms with E-state index >= 15 is 0 Å². The fraction of sp³-hybridized carbons (Fsp3) is 0.692. The van der Waals surface area contributed by atoms with Gasteiger partial charge in [-0.1, -0.05) is 12.8 Å². The molecule has 1 amide bonds. The number of rotatable bonds is 4. The second-order valence-electron chi connectivity index (χ2n) is 5.06. The first-order chi connectivity index (χ1) is 8.61. The Morgan fingerprint density at radius 1 is 1.56 bits per heavy atom. The van der Waals surface area contributed by atoms with Crippen LogP contribution in [0, 0.1) is 6.92 Å². The van der Waals surface area contributed by atoms with Gasteiger partial charge in [0.05, 0.1) is 10.7 Å². The van der Waals surface area contributed by atoms with Crippen LogP contribution in [-0.4, -0.2) is 23.5 Å². The Labute approximate surface area is 112 Å². The maximum atomic E-state index is 12.1. The zero-order valence-electron chi connectivity index (χ0n) is 11.0. The quantitative estimate of drug-likeness (QED) is 0.878. The maximum absolute atomic E-state index is 12.1. The number of amides is 1. The molecule has 0 aromatic carbocycles. The fourth-order valence-electron chi connectivity index (χ4n) is 2.32. The Hall–Kier alpha value is -0.940. The first kappa shape index (κ1) is 13.5. The van der Waals surface area contributed by atoms with Crippen molar-refractivity contribution in [3.63, 3.8) is 0 Å². The summed E-state index contributed by atoms with van der Waals surface area (Å²) in [5.74, 6) is 0.536. The van der Waals surface area contributed by atoms with Gasteiger partial charge in [-0.3, -0.25) is 4.79 Å². The third kappa shape index (κ3) is 2.90. The fourth-order valence-corrected chi connectivity index (χ4v) is 3.46. The standard InChI is InChI=1S/C13H21N3OS/c1-8(7-14)15-12(17)11-9(2)16-13(18-11)10-5-3-4-6-10/h8,10H,3-7,14H2,1-2H3,(H,15,17)/t8-/m0/s1. The highest BCUT2D eigenvalue weighted by Gasteiger charge is 2.24. The average Bonchev–Trinajstić information content (AvgIpc) is 2.97. The molecule has 18 heavy (non-hydrogen) atoms. The van der Waals surface area contributed by atoms with E-state index in [-0.39, 0.29) is 11.9 Å². The summed E-state index contributed by atoms with van der Waals surface area (Å²) >= 11 is 1.55. The van der Waals surface area contributed by atoms with Gasteiger partial charge in [0.25, 0.3) is 5.91 Å². The van der Waals surface area contributed by atoms with Crippen LogP contribution < -0.4 is 11.1 Å². The summed E-state index contributed by atoms with van der Waals surface area (Å²) in [7, 11) is 0. The Kier molecular flexibility index (Phi) is 4.35. The topological polar surface area (TPSA) is 68.0 Å². The molecule has 1 aliphatic rings. The van der Waals surface area contributed by atoms with Crippen LogP contribution in [0.15, 0.2) is 0 Å². The summed E-state index contributed by atoms with van der Waals surface area (Å²) in [5, 5.41) is 4.03. The molecule has 0 unspecified atom stereocenters. The SMILES string of the molecule is Cc1nc(C2CCCC2)sc1C(=O)N[C@@H](C)CN. The van der Waals surface area contributed by atoms with Crippen LogP contribution in [0.1, 0.15) is 58.9 Å². The van der Waals surface area contributed by atoms with Crippen molar-refractivity contribution >= 4 is 17.2 Å². The number of nitrogens with one attached hydrogen (secondary N) is 1. The van der Waals surface area contributed by atoms with E-state index in [9.17, 15) is 4.79 Å². The zero-order valence-corrected chi connectivity index (χ0v) is 11.8. The van der Waals surface area contributed by atoms with Crippen molar-refractivity contribution in [2.24, 2.45) is 5.73 Å². The summed E-state index contributed by atoms with van der Waals surface area (Å²) in [4.78, 5) is 17.4. The number of carbonyl (C=O) groups excluding carboxylic acids is 1. The molecule has 1 heterocycles. The first-order valence-corrected chi connectivity index (χ1v) is 7.41. The lowest BCUT2D eigenvalue weighted by atomic mass is 10.1. The van der Waals surface area contributed by atoms with Crippen molar-refractivity contribution in [3.8, 4) is 0 Å². The number of aromatic nitrogens is 1. The van der Waals surface area contributed by atoms with Gasteiger partial charge < -0.3 is 11.1 Å². The highest BCUT2D eigenvalue weighted by atomic mass is 32.1. The molecule has 0 aliphatic heterocycles. The molecule has 0 bridgehead atoms. The van der Waals surface area contributed by atoms with Crippen LogP contribution >= 0.6 is 11.3 Å². The van der Waals surface area contributed by atoms with Crippen molar-refractivity contribution < 1.29 is 4.79 Å². The largest absolute Gasteiger partial charge is 0.348 e. The van der Waals surface area contributed by atoms with Gasteiger partial charge in [0.15, 0.2) is 0 Å². The van der Waals surface area contributed by atoms with Gasteiger partial charge in [-0.2, -0.15) is 0 Å². The molecule has 0 spiro atoms. The summed E-state index contributed by atoms with van der Waals surface area (Å²) in [6.45, 7) is 4.28. The predicted molar refractivity (Wildman–Crippen MR) is 74.0 cm³/mol. The van der Waals surface area contributed by atoms with E-state index in [1.807, 2.05) is 13.8 Å². The summed E-state index contributed by atoms with van der Waals surface area (Å²) in [6, 6.07) is 0.00827. The minimum atomic E-state index is -0.0350. The third-order valence-electron chi connectivity index (χ3n) is 3.45. The van der Waals surface area contributed by atoms with Gasteiger partial charge in [-0.25, -0.2) is 4.98 Å². The Balaban J connectivity index is 2.10. The summed E-state index contributed by atoms with van der Waals surface area (Å²) < 4.78 is 0. The molecule has 5 heteroatoms. The lowest BCUT2D eigenvalue weighted by Gasteiger charge is -2.10. The van der Waals surface area contributed by atoms with E-state index in [0.29, 0.717) is 12.5 Å². The van der Waals surface area contributed by atoms with Crippen molar-refractivity contribution in [1.29, 1.82) is 0 Å². The number of carbonyl (C=O) groups is 1. The zero-order chi connectivity index (χ0) is 13.1. The van der Waals surface area contributed by atoms with Crippen LogP contribution in [0.4, 0.5) is 0 Å². The molecular weight excluding hydrogens is 246 g/mol. The Morgan fingerprint density at radius 3 is 2.83 bits per heavy atom. The van der Waals surface area contributed by atoms with Crippen LogP contribution in [0.3, 0.4) is 0 Å². The molecule has 1 fully saturated rings. The lowest BCUT2D eigenvalue weighted by molar-refractivity contribution is 0.0944. The van der Waals surface area contributed by atoms with Gasteiger partial charge >= 0.3 is 0 Å². The number of nitrogens with two attached hydrogens (primary N) is 1. The number of aryl methyl sites for hydroxylation is 1. The number of hydrogen-bond acceptors (Lipinski definition) is 4. The van der Waals surface area contributed by atoms with E-state index < -0.39 is 0 Å². The van der Waals surface area contributed by atoms with Gasteiger partial charge in [0.2, 0.25) is 0 Å². The van der Waals surface area contributed by atoms with E-state index in [1.54, 1.807) is 11.3 Å². The van der Waals surface area contributed by atoms with Crippen LogP contribution in [0.25, 0.3) is 0 Å². The van der Waals surface area contributed by atoms with Crippen molar-refractivity contribution in [2.45, 2.75) is 51.5 Å². The van der Waals surface area contributed by atoms with Crippen molar-refractivity contribution in [3.05, 3.63) is 15.6 Å². The van der Waals surface area contributed by atoms with E-state index in [4.69, 9.17) is 5.73 Å². The average molecular weight is 267 g/mol. The second kappa shape index (κ2) is 5.80. The molecule has 0 radical (unpaired) electrons. The van der Waals surface area contributed by atoms with Gasteiger partial charge in [-0.05, 0) is 26.7 Å². The minimum absolute atomic E-state index is 0.00827. The Morgan fingerprint density at radius 2 is 2.22 bits per heavy atom. The van der Waals surface area contributed by atoms with Gasteiger partial charge in [0, 0.05) is 18.5 Å². The molecule has 100 valence electrons. The number of nitrogens with zero attached hydrogens (tertiary/aromatic N) is 1. The lowest BCUT2D eigenvalue weighted by Crippen LogP contribution is -2.37. The Bertz CT molecular complexity index is 424. The van der Waals surface area contributed by atoms with Crippen molar-refractivity contribution in [1.82, 2.24) is 10.3 Å². The van der Waals surface area contributed by atoms with Crippen molar-refractivity contribution in [2.75, 3.05) is 6.54 Å². The van der Waals surface area contributed by atoms with Gasteiger partial charge in [0.1, 0.15) is 4.88 Å². The van der Waals surface area contributed by atoms with E-state index in [1.165, 1.54) is 25.7 Å². The monoisotopic (exact) mass is 267 g/mol. The summed E-state index contributed by atoms with van der Waals surface area (Å²) in [6.07, 6.45) is 5.00. The van der Waals surface area contributed by atoms with Crippen LogP contribution in [0.2, 0.25) is 0 Å². The molecule has 4 nitrogen and oxygen atoms in total.